The molecule has 2 aromatic heterocycles. The van der Waals surface area contributed by atoms with Crippen molar-refractivity contribution in [2.75, 3.05) is 36.4 Å². The van der Waals surface area contributed by atoms with Gasteiger partial charge in [-0.05, 0) is 31.5 Å². The number of amides is 2. The van der Waals surface area contributed by atoms with E-state index in [1.165, 1.54) is 5.56 Å². The summed E-state index contributed by atoms with van der Waals surface area (Å²) in [6.07, 6.45) is 1.68. The van der Waals surface area contributed by atoms with Gasteiger partial charge in [-0.25, -0.2) is 14.6 Å². The molecule has 1 aliphatic rings. The van der Waals surface area contributed by atoms with Crippen LogP contribution >= 0.6 is 0 Å². The molecule has 3 heterocycles. The summed E-state index contributed by atoms with van der Waals surface area (Å²) in [5, 5.41) is 3.00. The molecule has 3 N–H and O–H groups in total. The third-order valence-corrected chi connectivity index (χ3v) is 4.93. The highest BCUT2D eigenvalue weighted by Gasteiger charge is 2.23. The van der Waals surface area contributed by atoms with Crippen molar-refractivity contribution in [1.82, 2.24) is 19.9 Å². The Bertz CT molecular complexity index is 1050. The lowest BCUT2D eigenvalue weighted by atomic mass is 10.1. The first-order chi connectivity index (χ1) is 13.0. The molecule has 0 unspecified atom stereocenters. The number of piperazine rings is 1. The highest BCUT2D eigenvalue weighted by Crippen LogP contribution is 2.23. The lowest BCUT2D eigenvalue weighted by Gasteiger charge is -2.36. The van der Waals surface area contributed by atoms with Crippen molar-refractivity contribution in [2.45, 2.75) is 13.8 Å². The molecule has 4 rings (SSSR count). The zero-order chi connectivity index (χ0) is 19.0. The molecular formula is C19H22N6O2. The second kappa shape index (κ2) is 6.79. The van der Waals surface area contributed by atoms with Crippen LogP contribution in [0.1, 0.15) is 11.1 Å². The lowest BCUT2D eigenvalue weighted by molar-refractivity contribution is 0.208. The first-order valence-electron chi connectivity index (χ1n) is 8.96. The van der Waals surface area contributed by atoms with Crippen LogP contribution in [0.3, 0.4) is 0 Å². The van der Waals surface area contributed by atoms with Gasteiger partial charge in [-0.1, -0.05) is 17.7 Å². The minimum atomic E-state index is -0.267. The quantitative estimate of drug-likeness (QED) is 0.648. The number of nitrogens with one attached hydrogen (secondary N) is 3. The average Bonchev–Trinajstić information content (AvgIpc) is 3.04. The number of aryl methyl sites for hydroxylation is 2. The standard InChI is InChI=1S/C19H22N6O2/c1-12-3-4-14(13(2)11-12)21-19(27)25-9-7-24(8-10-25)15-5-6-20-17-16(15)22-18(26)23-17/h3-6,11H,7-10H2,1-2H3,(H,21,27)(H2,20,22,23,26). The zero-order valence-corrected chi connectivity index (χ0v) is 15.4. The predicted molar refractivity (Wildman–Crippen MR) is 105 cm³/mol. The van der Waals surface area contributed by atoms with Crippen molar-refractivity contribution >= 4 is 28.6 Å². The molecule has 8 nitrogen and oxygen atoms in total. The molecule has 0 aliphatic carbocycles. The van der Waals surface area contributed by atoms with E-state index in [4.69, 9.17) is 0 Å². The average molecular weight is 366 g/mol. The number of urea groups is 1. The number of carbonyl (C=O) groups excluding carboxylic acids is 1. The van der Waals surface area contributed by atoms with E-state index in [1.54, 1.807) is 6.20 Å². The molecule has 0 bridgehead atoms. The van der Waals surface area contributed by atoms with E-state index in [1.807, 2.05) is 36.9 Å². The minimum Gasteiger partial charge on any atom is -0.366 e. The van der Waals surface area contributed by atoms with Gasteiger partial charge in [-0.3, -0.25) is 4.98 Å². The van der Waals surface area contributed by atoms with E-state index < -0.39 is 0 Å². The molecule has 0 radical (unpaired) electrons. The van der Waals surface area contributed by atoms with Crippen molar-refractivity contribution < 1.29 is 4.79 Å². The summed E-state index contributed by atoms with van der Waals surface area (Å²) >= 11 is 0. The fourth-order valence-corrected chi connectivity index (χ4v) is 3.48. The van der Waals surface area contributed by atoms with Crippen LogP contribution < -0.4 is 15.9 Å². The van der Waals surface area contributed by atoms with Gasteiger partial charge in [0, 0.05) is 38.1 Å². The van der Waals surface area contributed by atoms with Crippen molar-refractivity contribution in [1.29, 1.82) is 0 Å². The smallest absolute Gasteiger partial charge is 0.325 e. The second-order valence-corrected chi connectivity index (χ2v) is 6.86. The summed E-state index contributed by atoms with van der Waals surface area (Å²) in [6.45, 7) is 6.61. The van der Waals surface area contributed by atoms with E-state index in [0.29, 0.717) is 37.3 Å². The number of benzene rings is 1. The number of fused-ring (bicyclic) bond motifs is 1. The number of nitrogens with zero attached hydrogens (tertiary/aromatic N) is 3. The van der Waals surface area contributed by atoms with Crippen molar-refractivity contribution in [3.63, 3.8) is 0 Å². The van der Waals surface area contributed by atoms with Gasteiger partial charge in [-0.15, -0.1) is 0 Å². The molecule has 1 fully saturated rings. The third kappa shape index (κ3) is 3.38. The first kappa shape index (κ1) is 17.1. The van der Waals surface area contributed by atoms with Gasteiger partial charge in [0.15, 0.2) is 5.65 Å². The van der Waals surface area contributed by atoms with Crippen LogP contribution in [0.15, 0.2) is 35.3 Å². The van der Waals surface area contributed by atoms with E-state index in [9.17, 15) is 9.59 Å². The number of imidazole rings is 1. The Hall–Kier alpha value is -3.29. The molecule has 1 aliphatic heterocycles. The van der Waals surface area contributed by atoms with E-state index in [0.717, 1.165) is 16.9 Å². The van der Waals surface area contributed by atoms with Crippen LogP contribution in [0.25, 0.3) is 11.2 Å². The van der Waals surface area contributed by atoms with Gasteiger partial charge in [0.1, 0.15) is 5.52 Å². The maximum Gasteiger partial charge on any atom is 0.325 e. The number of hydrogen-bond acceptors (Lipinski definition) is 4. The van der Waals surface area contributed by atoms with E-state index >= 15 is 0 Å². The van der Waals surface area contributed by atoms with Gasteiger partial charge >= 0.3 is 11.7 Å². The summed E-state index contributed by atoms with van der Waals surface area (Å²) in [5.74, 6) is 0. The Morgan fingerprint density at radius 1 is 1.11 bits per heavy atom. The Morgan fingerprint density at radius 2 is 1.89 bits per heavy atom. The van der Waals surface area contributed by atoms with Crippen LogP contribution in [0.4, 0.5) is 16.2 Å². The molecular weight excluding hydrogens is 344 g/mol. The van der Waals surface area contributed by atoms with Crippen LogP contribution in [0.5, 0.6) is 0 Å². The maximum absolute atomic E-state index is 12.6. The van der Waals surface area contributed by atoms with Crippen LogP contribution in [0.2, 0.25) is 0 Å². The van der Waals surface area contributed by atoms with Gasteiger partial charge < -0.3 is 20.1 Å². The number of carbonyl (C=O) groups is 1. The summed E-state index contributed by atoms with van der Waals surface area (Å²) in [5.41, 5.74) is 4.98. The number of anilines is 2. The molecule has 140 valence electrons. The molecule has 1 aromatic carbocycles. The number of hydrogen-bond donors (Lipinski definition) is 3. The van der Waals surface area contributed by atoms with E-state index in [-0.39, 0.29) is 11.7 Å². The van der Waals surface area contributed by atoms with Crippen molar-refractivity contribution in [3.05, 3.63) is 52.1 Å². The van der Waals surface area contributed by atoms with Gasteiger partial charge in [0.05, 0.1) is 5.69 Å². The van der Waals surface area contributed by atoms with Gasteiger partial charge in [0.2, 0.25) is 0 Å². The van der Waals surface area contributed by atoms with Gasteiger partial charge in [0.25, 0.3) is 0 Å². The summed E-state index contributed by atoms with van der Waals surface area (Å²) in [7, 11) is 0. The molecule has 0 atom stereocenters. The first-order valence-corrected chi connectivity index (χ1v) is 8.96. The molecule has 1 saturated heterocycles. The lowest BCUT2D eigenvalue weighted by Crippen LogP contribution is -2.50. The molecule has 27 heavy (non-hydrogen) atoms. The summed E-state index contributed by atoms with van der Waals surface area (Å²) in [6, 6.07) is 7.79. The predicted octanol–water partition coefficient (Wildman–Crippen LogP) is 2.22. The fourth-order valence-electron chi connectivity index (χ4n) is 3.48. The van der Waals surface area contributed by atoms with Crippen molar-refractivity contribution in [3.8, 4) is 0 Å². The largest absolute Gasteiger partial charge is 0.366 e. The Labute approximate surface area is 156 Å². The highest BCUT2D eigenvalue weighted by atomic mass is 16.2. The van der Waals surface area contributed by atoms with E-state index in [2.05, 4.69) is 31.2 Å². The van der Waals surface area contributed by atoms with Gasteiger partial charge in [-0.2, -0.15) is 0 Å². The van der Waals surface area contributed by atoms with Crippen LogP contribution in [0, 0.1) is 13.8 Å². The molecule has 8 heteroatoms. The van der Waals surface area contributed by atoms with Crippen LogP contribution in [-0.4, -0.2) is 52.1 Å². The number of aromatic nitrogens is 3. The minimum absolute atomic E-state index is 0.0865. The topological polar surface area (TPSA) is 97.1 Å². The third-order valence-electron chi connectivity index (χ3n) is 4.93. The summed E-state index contributed by atoms with van der Waals surface area (Å²) in [4.78, 5) is 37.8. The molecule has 0 saturated carbocycles. The highest BCUT2D eigenvalue weighted by molar-refractivity contribution is 5.90. The SMILES string of the molecule is Cc1ccc(NC(=O)N2CCN(c3ccnc4[nH]c(=O)[nH]c34)CC2)c(C)c1. The Morgan fingerprint density at radius 3 is 2.63 bits per heavy atom. The molecule has 3 aromatic rings. The second-order valence-electron chi connectivity index (χ2n) is 6.86. The zero-order valence-electron chi connectivity index (χ0n) is 15.4. The fraction of sp³-hybridized carbons (Fsp3) is 0.316. The number of H-pyrrole nitrogens is 2. The normalized spacial score (nSPS) is 14.6. The number of pyridine rings is 1. The van der Waals surface area contributed by atoms with Crippen LogP contribution in [-0.2, 0) is 0 Å². The monoisotopic (exact) mass is 366 g/mol. The van der Waals surface area contributed by atoms with Crippen molar-refractivity contribution in [2.24, 2.45) is 0 Å². The maximum atomic E-state index is 12.6. The number of rotatable bonds is 2. The Balaban J connectivity index is 1.44. The molecule has 0 spiro atoms. The molecule has 2 amide bonds. The summed E-state index contributed by atoms with van der Waals surface area (Å²) < 4.78 is 0. The Kier molecular flexibility index (Phi) is 4.31. The number of aromatic amines is 2.